The maximum Gasteiger partial charge on any atom is 0.306 e. The third-order valence-corrected chi connectivity index (χ3v) is 11.4. The van der Waals surface area contributed by atoms with Gasteiger partial charge in [0.2, 0.25) is 0 Å². The molecule has 0 aromatic carbocycles. The standard InChI is InChI=1S/C55H100O5/c1-4-7-10-13-16-18-20-22-24-26-28-29-31-33-35-37-40-42-45-48-54(56)59-52-53(60-55(57)49-46-43-39-15-12-9-6-3)51-58-50-47-44-41-38-36-34-32-30-27-25-23-21-19-17-14-11-8-5-2/h8,11,17,19,23,25,30,32,53H,4-7,9-10,12-16,18,20-22,24,26-29,31,33-52H2,1-3H3/b11-8-,19-17-,25-23-,32-30-. The summed E-state index contributed by atoms with van der Waals surface area (Å²) in [4.78, 5) is 25.3. The molecule has 5 heteroatoms. The van der Waals surface area contributed by atoms with Crippen molar-refractivity contribution >= 4 is 11.9 Å². The van der Waals surface area contributed by atoms with E-state index in [2.05, 4.69) is 69.4 Å². The molecule has 0 bridgehead atoms. The zero-order valence-corrected chi connectivity index (χ0v) is 40.2. The van der Waals surface area contributed by atoms with Gasteiger partial charge in [-0.2, -0.15) is 0 Å². The van der Waals surface area contributed by atoms with Crippen LogP contribution >= 0.6 is 0 Å². The Kier molecular flexibility index (Phi) is 49.4. The summed E-state index contributed by atoms with van der Waals surface area (Å²) in [5.41, 5.74) is 0. The van der Waals surface area contributed by atoms with Crippen LogP contribution in [0.1, 0.15) is 265 Å². The first-order valence-corrected chi connectivity index (χ1v) is 26.2. The van der Waals surface area contributed by atoms with Crippen LogP contribution in [0.4, 0.5) is 0 Å². The highest BCUT2D eigenvalue weighted by Gasteiger charge is 2.17. The molecule has 5 nitrogen and oxygen atoms in total. The van der Waals surface area contributed by atoms with Crippen LogP contribution in [0, 0.1) is 0 Å². The van der Waals surface area contributed by atoms with Gasteiger partial charge in [0.25, 0.3) is 0 Å². The Labute approximate surface area is 373 Å². The molecule has 0 heterocycles. The van der Waals surface area contributed by atoms with E-state index in [1.807, 2.05) is 0 Å². The number of unbranched alkanes of at least 4 members (excludes halogenated alkanes) is 29. The summed E-state index contributed by atoms with van der Waals surface area (Å²) in [5.74, 6) is -0.402. The minimum absolute atomic E-state index is 0.0814. The number of hydrogen-bond acceptors (Lipinski definition) is 5. The number of esters is 2. The van der Waals surface area contributed by atoms with Crippen molar-refractivity contribution in [2.45, 2.75) is 271 Å². The van der Waals surface area contributed by atoms with Gasteiger partial charge in [-0.25, -0.2) is 0 Å². The van der Waals surface area contributed by atoms with E-state index in [0.717, 1.165) is 70.6 Å². The van der Waals surface area contributed by atoms with Crippen LogP contribution in [0.3, 0.4) is 0 Å². The maximum atomic E-state index is 12.7. The third-order valence-electron chi connectivity index (χ3n) is 11.4. The molecule has 0 fully saturated rings. The zero-order chi connectivity index (χ0) is 43.5. The van der Waals surface area contributed by atoms with Crippen LogP contribution in [0.15, 0.2) is 48.6 Å². The molecule has 0 aliphatic heterocycles. The van der Waals surface area contributed by atoms with Crippen molar-refractivity contribution < 1.29 is 23.8 Å². The van der Waals surface area contributed by atoms with E-state index in [1.165, 1.54) is 161 Å². The summed E-state index contributed by atoms with van der Waals surface area (Å²) >= 11 is 0. The molecule has 0 aliphatic rings. The monoisotopic (exact) mass is 841 g/mol. The molecule has 60 heavy (non-hydrogen) atoms. The third kappa shape index (κ3) is 48.5. The lowest BCUT2D eigenvalue weighted by Gasteiger charge is -2.18. The maximum absolute atomic E-state index is 12.7. The molecule has 350 valence electrons. The second kappa shape index (κ2) is 51.2. The summed E-state index contributed by atoms with van der Waals surface area (Å²) in [6.07, 6.45) is 62.8. The molecule has 1 atom stereocenters. The van der Waals surface area contributed by atoms with E-state index in [4.69, 9.17) is 14.2 Å². The molecule has 0 aromatic heterocycles. The Balaban J connectivity index is 4.10. The van der Waals surface area contributed by atoms with Crippen molar-refractivity contribution in [3.63, 3.8) is 0 Å². The number of carbonyl (C=O) groups is 2. The lowest BCUT2D eigenvalue weighted by molar-refractivity contribution is -0.163. The van der Waals surface area contributed by atoms with E-state index >= 15 is 0 Å². The first-order valence-electron chi connectivity index (χ1n) is 26.2. The fourth-order valence-electron chi connectivity index (χ4n) is 7.50. The van der Waals surface area contributed by atoms with Crippen LogP contribution in [0.2, 0.25) is 0 Å². The summed E-state index contributed by atoms with van der Waals surface area (Å²) in [7, 11) is 0. The van der Waals surface area contributed by atoms with Gasteiger partial charge < -0.3 is 14.2 Å². The Hall–Kier alpha value is -2.14. The minimum atomic E-state index is -0.540. The zero-order valence-electron chi connectivity index (χ0n) is 40.2. The van der Waals surface area contributed by atoms with Gasteiger partial charge in [-0.1, -0.05) is 243 Å². The van der Waals surface area contributed by atoms with E-state index in [9.17, 15) is 9.59 Å². The molecular formula is C55H100O5. The van der Waals surface area contributed by atoms with Crippen LogP contribution in [-0.2, 0) is 23.8 Å². The van der Waals surface area contributed by atoms with Crippen molar-refractivity contribution in [3.8, 4) is 0 Å². The lowest BCUT2D eigenvalue weighted by Crippen LogP contribution is -2.30. The van der Waals surface area contributed by atoms with Crippen molar-refractivity contribution in [1.82, 2.24) is 0 Å². The quantitative estimate of drug-likeness (QED) is 0.0347. The van der Waals surface area contributed by atoms with Crippen LogP contribution in [0.25, 0.3) is 0 Å². The van der Waals surface area contributed by atoms with Gasteiger partial charge >= 0.3 is 11.9 Å². The average Bonchev–Trinajstić information content (AvgIpc) is 3.25. The van der Waals surface area contributed by atoms with E-state index in [1.54, 1.807) is 0 Å². The van der Waals surface area contributed by atoms with Crippen LogP contribution < -0.4 is 0 Å². The SMILES string of the molecule is CC/C=C\C/C=C\C/C=C\C/C=C\CCCCCCCOCC(COC(=O)CCCCCCCCCCCCCCCCCCCCC)OC(=O)CCCCCCCCC. The van der Waals surface area contributed by atoms with Crippen molar-refractivity contribution in [1.29, 1.82) is 0 Å². The highest BCUT2D eigenvalue weighted by atomic mass is 16.6. The van der Waals surface area contributed by atoms with E-state index in [0.29, 0.717) is 19.4 Å². The first-order chi connectivity index (χ1) is 29.6. The van der Waals surface area contributed by atoms with Gasteiger partial charge in [-0.05, 0) is 57.8 Å². The number of ether oxygens (including phenoxy) is 3. The number of carbonyl (C=O) groups excluding carboxylic acids is 2. The average molecular weight is 841 g/mol. The van der Waals surface area contributed by atoms with Crippen molar-refractivity contribution in [3.05, 3.63) is 48.6 Å². The van der Waals surface area contributed by atoms with E-state index in [-0.39, 0.29) is 25.2 Å². The second-order valence-electron chi connectivity index (χ2n) is 17.4. The highest BCUT2D eigenvalue weighted by molar-refractivity contribution is 5.70. The second-order valence-corrected chi connectivity index (χ2v) is 17.4. The van der Waals surface area contributed by atoms with Gasteiger partial charge in [-0.3, -0.25) is 9.59 Å². The summed E-state index contributed by atoms with van der Waals surface area (Å²) in [6.45, 7) is 7.68. The summed E-state index contributed by atoms with van der Waals surface area (Å²) < 4.78 is 17.3. The summed E-state index contributed by atoms with van der Waals surface area (Å²) in [6, 6.07) is 0. The smallest absolute Gasteiger partial charge is 0.306 e. The molecule has 0 aromatic rings. The molecular weight excluding hydrogens is 741 g/mol. The Morgan fingerprint density at radius 2 is 0.750 bits per heavy atom. The van der Waals surface area contributed by atoms with Gasteiger partial charge in [0.05, 0.1) is 6.61 Å². The molecule has 0 N–H and O–H groups in total. The minimum Gasteiger partial charge on any atom is -0.462 e. The normalized spacial score (nSPS) is 12.5. The Morgan fingerprint density at radius 3 is 1.20 bits per heavy atom. The number of rotatable bonds is 48. The molecule has 0 radical (unpaired) electrons. The number of hydrogen-bond donors (Lipinski definition) is 0. The Morgan fingerprint density at radius 1 is 0.383 bits per heavy atom. The van der Waals surface area contributed by atoms with Crippen molar-refractivity contribution in [2.24, 2.45) is 0 Å². The topological polar surface area (TPSA) is 61.8 Å². The predicted molar refractivity (Wildman–Crippen MR) is 261 cm³/mol. The van der Waals surface area contributed by atoms with Crippen LogP contribution in [-0.4, -0.2) is 37.9 Å². The largest absolute Gasteiger partial charge is 0.462 e. The molecule has 0 spiro atoms. The van der Waals surface area contributed by atoms with Gasteiger partial charge in [0.15, 0.2) is 6.10 Å². The lowest BCUT2D eigenvalue weighted by atomic mass is 10.0. The van der Waals surface area contributed by atoms with Gasteiger partial charge in [-0.15, -0.1) is 0 Å². The first kappa shape index (κ1) is 57.9. The molecule has 0 saturated heterocycles. The van der Waals surface area contributed by atoms with Gasteiger partial charge in [0.1, 0.15) is 6.61 Å². The Bertz CT molecular complexity index is 997. The predicted octanol–water partition coefficient (Wildman–Crippen LogP) is 17.6. The van der Waals surface area contributed by atoms with Gasteiger partial charge in [0, 0.05) is 19.4 Å². The number of allylic oxidation sites excluding steroid dienone is 8. The molecule has 0 saturated carbocycles. The summed E-state index contributed by atoms with van der Waals surface area (Å²) in [5, 5.41) is 0. The molecule has 0 rings (SSSR count). The highest BCUT2D eigenvalue weighted by Crippen LogP contribution is 2.16. The molecule has 0 aliphatic carbocycles. The molecule has 1 unspecified atom stereocenters. The van der Waals surface area contributed by atoms with Crippen LogP contribution in [0.5, 0.6) is 0 Å². The fraction of sp³-hybridized carbons (Fsp3) is 0.818. The van der Waals surface area contributed by atoms with Crippen molar-refractivity contribution in [2.75, 3.05) is 19.8 Å². The van der Waals surface area contributed by atoms with E-state index < -0.39 is 6.10 Å². The molecule has 0 amide bonds. The fourth-order valence-corrected chi connectivity index (χ4v) is 7.50.